The summed E-state index contributed by atoms with van der Waals surface area (Å²) in [6, 6.07) is 10.9. The molecule has 3 rings (SSSR count). The zero-order valence-corrected chi connectivity index (χ0v) is 22.1. The minimum absolute atomic E-state index is 0. The van der Waals surface area contributed by atoms with E-state index in [2.05, 4.69) is 78.5 Å². The van der Waals surface area contributed by atoms with Gasteiger partial charge in [-0.3, -0.25) is 9.89 Å². The molecule has 0 radical (unpaired) electrons. The van der Waals surface area contributed by atoms with Gasteiger partial charge in [-0.25, -0.2) is 0 Å². The third-order valence-electron chi connectivity index (χ3n) is 6.07. The van der Waals surface area contributed by atoms with Gasteiger partial charge in [-0.05, 0) is 45.6 Å². The van der Waals surface area contributed by atoms with Gasteiger partial charge in [-0.15, -0.1) is 24.0 Å². The first-order valence-corrected chi connectivity index (χ1v) is 11.6. The maximum Gasteiger partial charge on any atom is 0.193 e. The zero-order valence-electron chi connectivity index (χ0n) is 19.8. The molecule has 2 fully saturated rings. The van der Waals surface area contributed by atoms with Crippen LogP contribution in [0.2, 0.25) is 0 Å². The van der Waals surface area contributed by atoms with Gasteiger partial charge in [0, 0.05) is 50.8 Å². The van der Waals surface area contributed by atoms with Crippen LogP contribution in [0.3, 0.4) is 0 Å². The van der Waals surface area contributed by atoms with Gasteiger partial charge in [0.15, 0.2) is 5.96 Å². The Labute approximate surface area is 206 Å². The van der Waals surface area contributed by atoms with Crippen molar-refractivity contribution in [2.24, 2.45) is 10.9 Å². The summed E-state index contributed by atoms with van der Waals surface area (Å²) >= 11 is 0. The molecule has 2 aliphatic heterocycles. The highest BCUT2D eigenvalue weighted by molar-refractivity contribution is 14.0. The number of halogens is 1. The van der Waals surface area contributed by atoms with E-state index in [-0.39, 0.29) is 29.5 Å². The Hall–Kier alpha value is -0.900. The van der Waals surface area contributed by atoms with Crippen molar-refractivity contribution in [1.29, 1.82) is 0 Å². The molecule has 0 aromatic heterocycles. The smallest absolute Gasteiger partial charge is 0.193 e. The molecule has 0 amide bonds. The number of ether oxygens (including phenoxy) is 1. The van der Waals surface area contributed by atoms with E-state index in [0.717, 1.165) is 64.4 Å². The van der Waals surface area contributed by atoms with E-state index in [1.54, 1.807) is 0 Å². The first-order chi connectivity index (χ1) is 14.5. The van der Waals surface area contributed by atoms with Gasteiger partial charge in [0.1, 0.15) is 0 Å². The first-order valence-electron chi connectivity index (χ1n) is 11.6. The number of aliphatic imine (C=N–C) groups is 1. The van der Waals surface area contributed by atoms with Crippen LogP contribution >= 0.6 is 24.0 Å². The molecule has 1 aromatic rings. The average Bonchev–Trinajstić information content (AvgIpc) is 3.20. The molecular formula is C24H42IN5O. The molecule has 1 aromatic carbocycles. The van der Waals surface area contributed by atoms with Crippen LogP contribution in [0.5, 0.6) is 0 Å². The van der Waals surface area contributed by atoms with E-state index in [0.29, 0.717) is 6.04 Å². The molecule has 31 heavy (non-hydrogen) atoms. The summed E-state index contributed by atoms with van der Waals surface area (Å²) in [5.41, 5.74) is 1.23. The van der Waals surface area contributed by atoms with Crippen LogP contribution in [0.15, 0.2) is 35.3 Å². The minimum atomic E-state index is -0.0805. The number of nitrogens with one attached hydrogen (secondary N) is 2. The van der Waals surface area contributed by atoms with Crippen LogP contribution in [0, 0.1) is 5.92 Å². The van der Waals surface area contributed by atoms with Crippen LogP contribution in [0.25, 0.3) is 0 Å². The topological polar surface area (TPSA) is 52.1 Å². The van der Waals surface area contributed by atoms with Crippen molar-refractivity contribution in [2.45, 2.75) is 45.7 Å². The van der Waals surface area contributed by atoms with E-state index in [1.165, 1.54) is 18.5 Å². The average molecular weight is 544 g/mol. The lowest BCUT2D eigenvalue weighted by atomic mass is 10.0. The van der Waals surface area contributed by atoms with E-state index in [9.17, 15) is 0 Å². The van der Waals surface area contributed by atoms with Crippen molar-refractivity contribution in [3.63, 3.8) is 0 Å². The highest BCUT2D eigenvalue weighted by Gasteiger charge is 2.28. The Bertz CT molecular complexity index is 663. The van der Waals surface area contributed by atoms with Gasteiger partial charge < -0.3 is 20.3 Å². The number of nitrogens with zero attached hydrogens (tertiary/aromatic N) is 3. The largest absolute Gasteiger partial charge is 0.379 e. The Balaban J connectivity index is 0.00000341. The number of hydrogen-bond donors (Lipinski definition) is 2. The molecule has 2 heterocycles. The normalized spacial score (nSPS) is 21.6. The molecule has 176 valence electrons. The summed E-state index contributed by atoms with van der Waals surface area (Å²) < 4.78 is 5.49. The maximum absolute atomic E-state index is 5.49. The fraction of sp³-hybridized carbons (Fsp3) is 0.708. The van der Waals surface area contributed by atoms with Gasteiger partial charge in [0.05, 0.1) is 19.8 Å². The second kappa shape index (κ2) is 13.0. The van der Waals surface area contributed by atoms with Crippen LogP contribution < -0.4 is 10.6 Å². The molecule has 2 saturated heterocycles. The molecular weight excluding hydrogens is 501 g/mol. The summed E-state index contributed by atoms with van der Waals surface area (Å²) in [5, 5.41) is 7.27. The molecule has 0 bridgehead atoms. The number of hydrogen-bond acceptors (Lipinski definition) is 4. The molecule has 2 N–H and O–H groups in total. The van der Waals surface area contributed by atoms with Crippen molar-refractivity contribution in [2.75, 3.05) is 59.0 Å². The van der Waals surface area contributed by atoms with Gasteiger partial charge in [0.25, 0.3) is 0 Å². The number of rotatable bonds is 8. The van der Waals surface area contributed by atoms with Crippen molar-refractivity contribution < 1.29 is 4.74 Å². The summed E-state index contributed by atoms with van der Waals surface area (Å²) in [4.78, 5) is 10.0. The van der Waals surface area contributed by atoms with E-state index < -0.39 is 0 Å². The lowest BCUT2D eigenvalue weighted by molar-refractivity contribution is 0.0315. The SMILES string of the molecule is CCNC(=NCC(C)(C)NC(C)c1ccccc1)N1CCC(CN2CCOCC2)C1.I. The van der Waals surface area contributed by atoms with Crippen molar-refractivity contribution in [3.05, 3.63) is 35.9 Å². The van der Waals surface area contributed by atoms with Crippen LogP contribution in [-0.4, -0.2) is 80.3 Å². The summed E-state index contributed by atoms with van der Waals surface area (Å²) in [5.74, 6) is 1.78. The second-order valence-electron chi connectivity index (χ2n) is 9.34. The van der Waals surface area contributed by atoms with Crippen molar-refractivity contribution >= 4 is 29.9 Å². The molecule has 0 saturated carbocycles. The van der Waals surface area contributed by atoms with Crippen LogP contribution in [0.1, 0.15) is 45.7 Å². The zero-order chi connectivity index (χ0) is 21.4. The number of benzene rings is 1. The van der Waals surface area contributed by atoms with Crippen molar-refractivity contribution in [3.8, 4) is 0 Å². The molecule has 2 unspecified atom stereocenters. The lowest BCUT2D eigenvalue weighted by Gasteiger charge is -2.31. The Kier molecular flexibility index (Phi) is 11.0. The van der Waals surface area contributed by atoms with E-state index >= 15 is 0 Å². The van der Waals surface area contributed by atoms with Gasteiger partial charge in [-0.2, -0.15) is 0 Å². The molecule has 0 spiro atoms. The number of morpholine rings is 1. The van der Waals surface area contributed by atoms with Gasteiger partial charge >= 0.3 is 0 Å². The second-order valence-corrected chi connectivity index (χ2v) is 9.34. The lowest BCUT2D eigenvalue weighted by Crippen LogP contribution is -2.46. The summed E-state index contributed by atoms with van der Waals surface area (Å²) in [6.45, 7) is 17.8. The molecule has 2 atom stereocenters. The molecule has 2 aliphatic rings. The predicted octanol–water partition coefficient (Wildman–Crippen LogP) is 3.35. The molecule has 7 heteroatoms. The third-order valence-corrected chi connectivity index (χ3v) is 6.07. The molecule has 0 aliphatic carbocycles. The fourth-order valence-electron chi connectivity index (χ4n) is 4.48. The van der Waals surface area contributed by atoms with Gasteiger partial charge in [-0.1, -0.05) is 30.3 Å². The Morgan fingerprint density at radius 3 is 2.58 bits per heavy atom. The summed E-state index contributed by atoms with van der Waals surface area (Å²) in [7, 11) is 0. The Morgan fingerprint density at radius 1 is 1.19 bits per heavy atom. The van der Waals surface area contributed by atoms with Crippen LogP contribution in [-0.2, 0) is 4.74 Å². The highest BCUT2D eigenvalue weighted by Crippen LogP contribution is 2.20. The Morgan fingerprint density at radius 2 is 1.90 bits per heavy atom. The molecule has 6 nitrogen and oxygen atoms in total. The standard InChI is InChI=1S/C24H41N5O.HI/c1-5-25-23(29-12-11-21(18-29)17-28-13-15-30-16-14-28)26-19-24(3,4)27-20(2)22-9-7-6-8-10-22;/h6-10,20-21,27H,5,11-19H2,1-4H3,(H,25,26);1H. The predicted molar refractivity (Wildman–Crippen MR) is 140 cm³/mol. The van der Waals surface area contributed by atoms with Crippen LogP contribution in [0.4, 0.5) is 0 Å². The highest BCUT2D eigenvalue weighted by atomic mass is 127. The minimum Gasteiger partial charge on any atom is -0.379 e. The van der Waals surface area contributed by atoms with E-state index in [1.807, 2.05) is 0 Å². The summed E-state index contributed by atoms with van der Waals surface area (Å²) in [6.07, 6.45) is 1.24. The fourth-order valence-corrected chi connectivity index (χ4v) is 4.48. The maximum atomic E-state index is 5.49. The third kappa shape index (κ3) is 8.51. The first kappa shape index (κ1) is 26.4. The van der Waals surface area contributed by atoms with Gasteiger partial charge in [0.2, 0.25) is 0 Å². The quantitative estimate of drug-likeness (QED) is 0.299. The van der Waals surface area contributed by atoms with E-state index in [4.69, 9.17) is 9.73 Å². The van der Waals surface area contributed by atoms with Crippen molar-refractivity contribution in [1.82, 2.24) is 20.4 Å². The number of likely N-dealkylation sites (tertiary alicyclic amines) is 1. The monoisotopic (exact) mass is 543 g/mol. The number of guanidine groups is 1.